The molecule has 2 saturated carbocycles. The molecule has 0 aromatic heterocycles. The summed E-state index contributed by atoms with van der Waals surface area (Å²) in [6, 6.07) is 10.4. The van der Waals surface area contributed by atoms with E-state index in [1.54, 1.807) is 0 Å². The van der Waals surface area contributed by atoms with Crippen molar-refractivity contribution in [1.29, 1.82) is 0 Å². The van der Waals surface area contributed by atoms with Crippen molar-refractivity contribution in [2.75, 3.05) is 0 Å². The number of nitrogens with two attached hydrogens (primary N) is 1. The molecule has 2 aliphatic carbocycles. The first-order valence-electron chi connectivity index (χ1n) is 9.47. The molecule has 0 bridgehead atoms. The van der Waals surface area contributed by atoms with E-state index in [0.29, 0.717) is 18.1 Å². The van der Waals surface area contributed by atoms with E-state index in [9.17, 15) is 9.59 Å². The maximum Gasteiger partial charge on any atom is 0.223 e. The number of carbonyl (C=O) groups is 2. The van der Waals surface area contributed by atoms with Gasteiger partial charge in [0.2, 0.25) is 5.91 Å². The molecule has 130 valence electrons. The normalized spacial score (nSPS) is 25.2. The van der Waals surface area contributed by atoms with Crippen LogP contribution in [0.25, 0.3) is 0 Å². The molecule has 0 radical (unpaired) electrons. The van der Waals surface area contributed by atoms with Crippen molar-refractivity contribution in [1.82, 2.24) is 0 Å². The van der Waals surface area contributed by atoms with Gasteiger partial charge < -0.3 is 5.73 Å². The van der Waals surface area contributed by atoms with Gasteiger partial charge in [0.15, 0.2) is 0 Å². The van der Waals surface area contributed by atoms with E-state index in [-0.39, 0.29) is 17.2 Å². The van der Waals surface area contributed by atoms with E-state index >= 15 is 0 Å². The van der Waals surface area contributed by atoms with E-state index in [0.717, 1.165) is 51.4 Å². The molecular formula is C21H29NO2. The Hall–Kier alpha value is -1.64. The number of Topliss-reactive ketones (excluding diaryl/α,β-unsaturated/α-hetero) is 1. The maximum atomic E-state index is 12.4. The molecule has 2 unspecified atom stereocenters. The van der Waals surface area contributed by atoms with Gasteiger partial charge in [-0.25, -0.2) is 0 Å². The minimum atomic E-state index is -0.328. The second kappa shape index (κ2) is 7.50. The quantitative estimate of drug-likeness (QED) is 0.783. The molecule has 0 aliphatic heterocycles. The van der Waals surface area contributed by atoms with Crippen LogP contribution >= 0.6 is 0 Å². The Morgan fingerprint density at radius 2 is 1.79 bits per heavy atom. The summed E-state index contributed by atoms with van der Waals surface area (Å²) in [7, 11) is 0. The number of amides is 1. The van der Waals surface area contributed by atoms with Gasteiger partial charge >= 0.3 is 0 Å². The second-order valence-corrected chi connectivity index (χ2v) is 7.82. The van der Waals surface area contributed by atoms with Crippen LogP contribution in [0.3, 0.4) is 0 Å². The molecule has 2 fully saturated rings. The van der Waals surface area contributed by atoms with Gasteiger partial charge in [-0.2, -0.15) is 0 Å². The van der Waals surface area contributed by atoms with Crippen LogP contribution in [-0.2, 0) is 16.0 Å². The largest absolute Gasteiger partial charge is 0.369 e. The van der Waals surface area contributed by atoms with Crippen molar-refractivity contribution < 1.29 is 9.59 Å². The summed E-state index contributed by atoms with van der Waals surface area (Å²) in [4.78, 5) is 24.3. The van der Waals surface area contributed by atoms with Crippen LogP contribution in [0.5, 0.6) is 0 Å². The zero-order valence-electron chi connectivity index (χ0n) is 14.5. The average molecular weight is 327 g/mol. The van der Waals surface area contributed by atoms with E-state index in [1.807, 2.05) is 6.07 Å². The lowest BCUT2D eigenvalue weighted by molar-refractivity contribution is -0.130. The Kier molecular flexibility index (Phi) is 5.37. The fourth-order valence-electron chi connectivity index (χ4n) is 4.42. The first kappa shape index (κ1) is 17.2. The SMILES string of the molecule is NC(=O)C1(CCCC(=O)C2CC2Cc2ccccc2)CCCCC1. The molecule has 2 atom stereocenters. The van der Waals surface area contributed by atoms with Gasteiger partial charge in [-0.15, -0.1) is 0 Å². The molecule has 1 amide bonds. The van der Waals surface area contributed by atoms with Crippen molar-refractivity contribution in [3.63, 3.8) is 0 Å². The van der Waals surface area contributed by atoms with Gasteiger partial charge in [0.05, 0.1) is 0 Å². The fourth-order valence-corrected chi connectivity index (χ4v) is 4.42. The molecule has 1 aromatic rings. The molecule has 3 rings (SSSR count). The van der Waals surface area contributed by atoms with E-state index < -0.39 is 0 Å². The molecular weight excluding hydrogens is 298 g/mol. The van der Waals surface area contributed by atoms with Gasteiger partial charge in [0.25, 0.3) is 0 Å². The van der Waals surface area contributed by atoms with Crippen LogP contribution in [0.2, 0.25) is 0 Å². The Labute approximate surface area is 145 Å². The Morgan fingerprint density at radius 1 is 1.08 bits per heavy atom. The number of primary amides is 1. The predicted octanol–water partition coefficient (Wildman–Crippen LogP) is 4.04. The highest BCUT2D eigenvalue weighted by atomic mass is 16.1. The van der Waals surface area contributed by atoms with Gasteiger partial charge in [-0.1, -0.05) is 49.6 Å². The minimum Gasteiger partial charge on any atom is -0.369 e. The van der Waals surface area contributed by atoms with Crippen molar-refractivity contribution in [2.24, 2.45) is 23.0 Å². The van der Waals surface area contributed by atoms with Gasteiger partial charge in [-0.05, 0) is 50.0 Å². The average Bonchev–Trinajstić information content (AvgIpc) is 3.35. The van der Waals surface area contributed by atoms with Crippen LogP contribution in [-0.4, -0.2) is 11.7 Å². The predicted molar refractivity (Wildman–Crippen MR) is 95.3 cm³/mol. The highest BCUT2D eigenvalue weighted by Gasteiger charge is 2.42. The van der Waals surface area contributed by atoms with Crippen molar-refractivity contribution in [3.8, 4) is 0 Å². The third-order valence-electron chi connectivity index (χ3n) is 6.09. The first-order valence-corrected chi connectivity index (χ1v) is 9.47. The zero-order valence-corrected chi connectivity index (χ0v) is 14.5. The van der Waals surface area contributed by atoms with Crippen molar-refractivity contribution in [3.05, 3.63) is 35.9 Å². The summed E-state index contributed by atoms with van der Waals surface area (Å²) in [5, 5.41) is 0. The Balaban J connectivity index is 1.42. The second-order valence-electron chi connectivity index (χ2n) is 7.82. The summed E-state index contributed by atoms with van der Waals surface area (Å²) in [6.45, 7) is 0. The van der Waals surface area contributed by atoms with Crippen molar-refractivity contribution in [2.45, 2.75) is 64.2 Å². The summed E-state index contributed by atoms with van der Waals surface area (Å²) in [5.74, 6) is 1.02. The topological polar surface area (TPSA) is 60.2 Å². The number of ketones is 1. The number of hydrogen-bond donors (Lipinski definition) is 1. The molecule has 24 heavy (non-hydrogen) atoms. The van der Waals surface area contributed by atoms with Crippen LogP contribution in [0, 0.1) is 17.3 Å². The zero-order chi connectivity index (χ0) is 17.0. The van der Waals surface area contributed by atoms with Gasteiger partial charge in [0, 0.05) is 17.8 Å². The molecule has 0 saturated heterocycles. The van der Waals surface area contributed by atoms with Gasteiger partial charge in [0.1, 0.15) is 5.78 Å². The van der Waals surface area contributed by atoms with E-state index in [1.165, 1.54) is 12.0 Å². The summed E-state index contributed by atoms with van der Waals surface area (Å²) >= 11 is 0. The summed E-state index contributed by atoms with van der Waals surface area (Å²) < 4.78 is 0. The standard InChI is InChI=1S/C21H29NO2/c22-20(24)21(11-5-2-6-12-21)13-7-10-19(23)18-15-17(18)14-16-8-3-1-4-9-16/h1,3-4,8-9,17-18H,2,5-7,10-15H2,(H2,22,24). The Morgan fingerprint density at radius 3 is 2.46 bits per heavy atom. The smallest absolute Gasteiger partial charge is 0.223 e. The monoisotopic (exact) mass is 327 g/mol. The van der Waals surface area contributed by atoms with Crippen LogP contribution < -0.4 is 5.73 Å². The summed E-state index contributed by atoms with van der Waals surface area (Å²) in [5.41, 5.74) is 6.67. The lowest BCUT2D eigenvalue weighted by Gasteiger charge is -2.34. The molecule has 3 heteroatoms. The molecule has 2 N–H and O–H groups in total. The van der Waals surface area contributed by atoms with Crippen LogP contribution in [0.15, 0.2) is 30.3 Å². The Bertz CT molecular complexity index is 575. The molecule has 2 aliphatic rings. The molecule has 0 spiro atoms. The van der Waals surface area contributed by atoms with Gasteiger partial charge in [-0.3, -0.25) is 9.59 Å². The van der Waals surface area contributed by atoms with E-state index in [2.05, 4.69) is 24.3 Å². The highest BCUT2D eigenvalue weighted by Crippen LogP contribution is 2.44. The fraction of sp³-hybridized carbons (Fsp3) is 0.619. The van der Waals surface area contributed by atoms with Crippen molar-refractivity contribution >= 4 is 11.7 Å². The first-order chi connectivity index (χ1) is 11.6. The van der Waals surface area contributed by atoms with Crippen LogP contribution in [0.1, 0.15) is 63.4 Å². The van der Waals surface area contributed by atoms with Crippen LogP contribution in [0.4, 0.5) is 0 Å². The van der Waals surface area contributed by atoms with E-state index in [4.69, 9.17) is 5.73 Å². The number of benzene rings is 1. The molecule has 3 nitrogen and oxygen atoms in total. The lowest BCUT2D eigenvalue weighted by Crippen LogP contribution is -2.38. The minimum absolute atomic E-state index is 0.150. The summed E-state index contributed by atoms with van der Waals surface area (Å²) in [6.07, 6.45) is 9.50. The number of rotatable bonds is 8. The highest BCUT2D eigenvalue weighted by molar-refractivity contribution is 5.84. The lowest BCUT2D eigenvalue weighted by atomic mass is 9.70. The molecule has 0 heterocycles. The number of carbonyl (C=O) groups excluding carboxylic acids is 2. The molecule has 1 aromatic carbocycles. The maximum absolute atomic E-state index is 12.4. The third-order valence-corrected chi connectivity index (χ3v) is 6.09. The number of hydrogen-bond acceptors (Lipinski definition) is 2. The third kappa shape index (κ3) is 4.06.